The Morgan fingerprint density at radius 1 is 1.19 bits per heavy atom. The molecule has 0 saturated carbocycles. The molecule has 0 fully saturated rings. The molecular formula is C14H23NO. The van der Waals surface area contributed by atoms with Crippen LogP contribution in [-0.2, 0) is 0 Å². The molecule has 0 heterocycles. The molecule has 2 nitrogen and oxygen atoms in total. The predicted octanol–water partition coefficient (Wildman–Crippen LogP) is 3.32. The Balaban J connectivity index is 2.62. The molecule has 0 aliphatic rings. The second kappa shape index (κ2) is 7.29. The van der Waals surface area contributed by atoms with Crippen LogP contribution in [0.5, 0.6) is 5.75 Å². The van der Waals surface area contributed by atoms with E-state index in [0.717, 1.165) is 25.3 Å². The molecule has 90 valence electrons. The summed E-state index contributed by atoms with van der Waals surface area (Å²) in [6, 6.07) is 8.47. The topological polar surface area (TPSA) is 35.2 Å². The molecule has 0 spiro atoms. The van der Waals surface area contributed by atoms with Gasteiger partial charge in [0.1, 0.15) is 5.75 Å². The molecular weight excluding hydrogens is 198 g/mol. The molecule has 2 heteroatoms. The van der Waals surface area contributed by atoms with Crippen molar-refractivity contribution >= 4 is 0 Å². The lowest BCUT2D eigenvalue weighted by Gasteiger charge is -2.15. The summed E-state index contributed by atoms with van der Waals surface area (Å²) >= 11 is 0. The summed E-state index contributed by atoms with van der Waals surface area (Å²) in [4.78, 5) is 0. The van der Waals surface area contributed by atoms with Gasteiger partial charge in [0, 0.05) is 0 Å². The fraction of sp³-hybridized carbons (Fsp3) is 0.571. The maximum Gasteiger partial charge on any atom is 0.119 e. The highest BCUT2D eigenvalue weighted by molar-refractivity contribution is 5.29. The third-order valence-corrected chi connectivity index (χ3v) is 2.91. The Hall–Kier alpha value is -1.02. The van der Waals surface area contributed by atoms with Crippen LogP contribution >= 0.6 is 0 Å². The second-order valence-corrected chi connectivity index (χ2v) is 4.04. The first kappa shape index (κ1) is 13.0. The van der Waals surface area contributed by atoms with Crippen molar-refractivity contribution in [1.29, 1.82) is 0 Å². The minimum Gasteiger partial charge on any atom is -0.494 e. The van der Waals surface area contributed by atoms with Crippen LogP contribution in [-0.4, -0.2) is 13.2 Å². The van der Waals surface area contributed by atoms with Crippen molar-refractivity contribution in [2.24, 2.45) is 5.73 Å². The third-order valence-electron chi connectivity index (χ3n) is 2.91. The van der Waals surface area contributed by atoms with Crippen molar-refractivity contribution < 1.29 is 4.74 Å². The van der Waals surface area contributed by atoms with Crippen molar-refractivity contribution in [3.8, 4) is 5.75 Å². The van der Waals surface area contributed by atoms with Crippen LogP contribution in [0.4, 0.5) is 0 Å². The number of benzene rings is 1. The Kier molecular flexibility index (Phi) is 5.94. The minimum atomic E-state index is 0.638. The lowest BCUT2D eigenvalue weighted by atomic mass is 9.92. The smallest absolute Gasteiger partial charge is 0.119 e. The number of hydrogen-bond donors (Lipinski definition) is 1. The molecule has 0 bridgehead atoms. The molecule has 1 rings (SSSR count). The van der Waals surface area contributed by atoms with Gasteiger partial charge in [-0.05, 0) is 56.3 Å². The maximum atomic E-state index is 5.55. The average Bonchev–Trinajstić information content (AvgIpc) is 2.32. The van der Waals surface area contributed by atoms with Gasteiger partial charge in [0.05, 0.1) is 6.61 Å². The van der Waals surface area contributed by atoms with Gasteiger partial charge in [0.15, 0.2) is 0 Å². The van der Waals surface area contributed by atoms with Crippen LogP contribution in [0.3, 0.4) is 0 Å². The van der Waals surface area contributed by atoms with Crippen LogP contribution < -0.4 is 10.5 Å². The number of nitrogens with two attached hydrogens (primary N) is 1. The normalized spacial score (nSPS) is 12.4. The summed E-state index contributed by atoms with van der Waals surface area (Å²) in [5.41, 5.74) is 6.96. The van der Waals surface area contributed by atoms with Crippen LogP contribution in [0.2, 0.25) is 0 Å². The van der Waals surface area contributed by atoms with E-state index in [2.05, 4.69) is 31.2 Å². The van der Waals surface area contributed by atoms with E-state index in [9.17, 15) is 0 Å². The molecule has 1 atom stereocenters. The minimum absolute atomic E-state index is 0.638. The van der Waals surface area contributed by atoms with Crippen LogP contribution in [0.15, 0.2) is 24.3 Å². The molecule has 0 aliphatic carbocycles. The first-order valence-electron chi connectivity index (χ1n) is 6.24. The molecule has 0 radical (unpaired) electrons. The van der Waals surface area contributed by atoms with Gasteiger partial charge in [0.25, 0.3) is 0 Å². The van der Waals surface area contributed by atoms with Gasteiger partial charge in [-0.3, -0.25) is 0 Å². The fourth-order valence-corrected chi connectivity index (χ4v) is 1.97. The summed E-state index contributed by atoms with van der Waals surface area (Å²) in [6.07, 6.45) is 3.46. The fourth-order valence-electron chi connectivity index (χ4n) is 1.97. The van der Waals surface area contributed by atoms with E-state index in [4.69, 9.17) is 10.5 Å². The Labute approximate surface area is 98.8 Å². The number of hydrogen-bond acceptors (Lipinski definition) is 2. The molecule has 0 amide bonds. The van der Waals surface area contributed by atoms with E-state index in [1.807, 2.05) is 6.92 Å². The molecule has 0 aliphatic heterocycles. The highest BCUT2D eigenvalue weighted by Gasteiger charge is 2.08. The summed E-state index contributed by atoms with van der Waals surface area (Å²) in [5, 5.41) is 0. The Morgan fingerprint density at radius 2 is 1.88 bits per heavy atom. The lowest BCUT2D eigenvalue weighted by molar-refractivity contribution is 0.340. The van der Waals surface area contributed by atoms with E-state index in [1.165, 1.54) is 18.4 Å². The van der Waals surface area contributed by atoms with E-state index in [1.54, 1.807) is 0 Å². The van der Waals surface area contributed by atoms with Gasteiger partial charge in [-0.1, -0.05) is 19.1 Å². The standard InChI is InChI=1S/C14H23NO/c1-3-12(6-5-11-15)13-7-9-14(10-8-13)16-4-2/h7-10,12H,3-6,11,15H2,1-2H3. The van der Waals surface area contributed by atoms with Gasteiger partial charge in [-0.2, -0.15) is 0 Å². The molecule has 0 saturated heterocycles. The van der Waals surface area contributed by atoms with Crippen LogP contribution in [0.1, 0.15) is 44.6 Å². The summed E-state index contributed by atoms with van der Waals surface area (Å²) in [7, 11) is 0. The van der Waals surface area contributed by atoms with Crippen LogP contribution in [0, 0.1) is 0 Å². The van der Waals surface area contributed by atoms with Crippen LogP contribution in [0.25, 0.3) is 0 Å². The van der Waals surface area contributed by atoms with Gasteiger partial charge < -0.3 is 10.5 Å². The largest absolute Gasteiger partial charge is 0.494 e. The Bertz CT molecular complexity index is 281. The number of rotatable bonds is 7. The lowest BCUT2D eigenvalue weighted by Crippen LogP contribution is -2.03. The summed E-state index contributed by atoms with van der Waals surface area (Å²) in [6.45, 7) is 5.75. The van der Waals surface area contributed by atoms with Gasteiger partial charge in [-0.25, -0.2) is 0 Å². The molecule has 16 heavy (non-hydrogen) atoms. The molecule has 1 aromatic carbocycles. The zero-order chi connectivity index (χ0) is 11.8. The van der Waals surface area contributed by atoms with Gasteiger partial charge in [0.2, 0.25) is 0 Å². The van der Waals surface area contributed by atoms with Crippen molar-refractivity contribution in [3.05, 3.63) is 29.8 Å². The van der Waals surface area contributed by atoms with E-state index in [-0.39, 0.29) is 0 Å². The highest BCUT2D eigenvalue weighted by atomic mass is 16.5. The maximum absolute atomic E-state index is 5.55. The zero-order valence-electron chi connectivity index (χ0n) is 10.4. The molecule has 1 aromatic rings. The monoisotopic (exact) mass is 221 g/mol. The molecule has 0 aromatic heterocycles. The van der Waals surface area contributed by atoms with E-state index in [0.29, 0.717) is 5.92 Å². The van der Waals surface area contributed by atoms with Gasteiger partial charge in [-0.15, -0.1) is 0 Å². The average molecular weight is 221 g/mol. The van der Waals surface area contributed by atoms with E-state index >= 15 is 0 Å². The highest BCUT2D eigenvalue weighted by Crippen LogP contribution is 2.26. The van der Waals surface area contributed by atoms with Crippen molar-refractivity contribution in [1.82, 2.24) is 0 Å². The molecule has 2 N–H and O–H groups in total. The summed E-state index contributed by atoms with van der Waals surface area (Å²) < 4.78 is 5.44. The predicted molar refractivity (Wildman–Crippen MR) is 68.9 cm³/mol. The Morgan fingerprint density at radius 3 is 2.38 bits per heavy atom. The van der Waals surface area contributed by atoms with Crippen molar-refractivity contribution in [2.75, 3.05) is 13.2 Å². The quantitative estimate of drug-likeness (QED) is 0.766. The summed E-state index contributed by atoms with van der Waals surface area (Å²) in [5.74, 6) is 1.60. The SMILES string of the molecule is CCOc1ccc(C(CC)CCCN)cc1. The molecule has 1 unspecified atom stereocenters. The van der Waals surface area contributed by atoms with Crippen molar-refractivity contribution in [2.45, 2.75) is 39.0 Å². The van der Waals surface area contributed by atoms with Gasteiger partial charge >= 0.3 is 0 Å². The van der Waals surface area contributed by atoms with E-state index < -0.39 is 0 Å². The third kappa shape index (κ3) is 3.86. The van der Waals surface area contributed by atoms with Crippen molar-refractivity contribution in [3.63, 3.8) is 0 Å². The first-order valence-corrected chi connectivity index (χ1v) is 6.24. The number of ether oxygens (including phenoxy) is 1. The second-order valence-electron chi connectivity index (χ2n) is 4.04. The first-order chi connectivity index (χ1) is 7.81. The zero-order valence-corrected chi connectivity index (χ0v) is 10.4.